The van der Waals surface area contributed by atoms with Crippen LogP contribution in [0.15, 0.2) is 30.3 Å². The van der Waals surface area contributed by atoms with Gasteiger partial charge in [0.25, 0.3) is 6.47 Å². The summed E-state index contributed by atoms with van der Waals surface area (Å²) < 4.78 is 4.54. The number of nitrogens with one attached hydrogen (secondary N) is 1. The van der Waals surface area contributed by atoms with Crippen molar-refractivity contribution >= 4 is 6.47 Å². The van der Waals surface area contributed by atoms with E-state index in [2.05, 4.69) is 10.1 Å². The number of carbonyl (C=O) groups excluding carboxylic acids is 1. The molecule has 5 nitrogen and oxygen atoms in total. The minimum absolute atomic E-state index is 0.00347. The van der Waals surface area contributed by atoms with Gasteiger partial charge in [-0.2, -0.15) is 0 Å². The number of aliphatic hydroxyl groups excluding tert-OH is 1. The number of carbonyl (C=O) groups is 1. The highest BCUT2D eigenvalue weighted by atomic mass is 16.5. The Morgan fingerprint density at radius 1 is 1.44 bits per heavy atom. The van der Waals surface area contributed by atoms with Gasteiger partial charge in [0, 0.05) is 12.6 Å². The molecule has 5 heteroatoms. The Morgan fingerprint density at radius 3 is 2.67 bits per heavy atom. The van der Waals surface area contributed by atoms with Crippen LogP contribution < -0.4 is 11.1 Å². The number of aliphatic hydroxyl groups is 1. The van der Waals surface area contributed by atoms with Crippen molar-refractivity contribution in [1.82, 2.24) is 5.32 Å². The zero-order chi connectivity index (χ0) is 13.2. The highest BCUT2D eigenvalue weighted by Gasteiger charge is 2.17. The van der Waals surface area contributed by atoms with Crippen LogP contribution in [-0.2, 0) is 16.1 Å². The standard InChI is InChI=1S/C8H8O2.C5H12N2O/c9-7-10-6-8-4-2-1-3-5-8;6-4-1-2-7-3-5(4)8/h1-5,7H,6H2;4-5,7-8H,1-3,6H2/t;4-,5-/m.1/s1. The third-order valence-corrected chi connectivity index (χ3v) is 2.66. The molecular formula is C13H20N2O3. The van der Waals surface area contributed by atoms with Gasteiger partial charge < -0.3 is 20.9 Å². The van der Waals surface area contributed by atoms with Gasteiger partial charge in [-0.3, -0.25) is 4.79 Å². The number of ether oxygens (including phenoxy) is 1. The maximum atomic E-state index is 9.76. The molecule has 4 N–H and O–H groups in total. The van der Waals surface area contributed by atoms with Gasteiger partial charge in [0.15, 0.2) is 0 Å². The summed E-state index contributed by atoms with van der Waals surface area (Å²) >= 11 is 0. The molecule has 0 bridgehead atoms. The number of rotatable bonds is 3. The van der Waals surface area contributed by atoms with Gasteiger partial charge >= 0.3 is 0 Å². The molecule has 1 fully saturated rings. The van der Waals surface area contributed by atoms with E-state index < -0.39 is 0 Å². The predicted octanol–water partition coefficient (Wildman–Crippen LogP) is 0.0275. The number of hydrogen-bond acceptors (Lipinski definition) is 5. The molecule has 1 aromatic carbocycles. The summed E-state index contributed by atoms with van der Waals surface area (Å²) in [4.78, 5) is 9.76. The van der Waals surface area contributed by atoms with E-state index in [0.29, 0.717) is 19.6 Å². The van der Waals surface area contributed by atoms with Crippen molar-refractivity contribution in [3.05, 3.63) is 35.9 Å². The van der Waals surface area contributed by atoms with Crippen LogP contribution in [-0.4, -0.2) is 36.8 Å². The number of hydrogen-bond donors (Lipinski definition) is 3. The third kappa shape index (κ3) is 5.77. The molecule has 0 spiro atoms. The lowest BCUT2D eigenvalue weighted by atomic mass is 10.1. The fourth-order valence-corrected chi connectivity index (χ4v) is 1.57. The van der Waals surface area contributed by atoms with E-state index >= 15 is 0 Å². The van der Waals surface area contributed by atoms with E-state index in [0.717, 1.165) is 18.5 Å². The fourth-order valence-electron chi connectivity index (χ4n) is 1.57. The second kappa shape index (κ2) is 8.63. The molecule has 1 aromatic rings. The van der Waals surface area contributed by atoms with Gasteiger partial charge in [-0.05, 0) is 18.5 Å². The molecule has 0 radical (unpaired) electrons. The van der Waals surface area contributed by atoms with Gasteiger partial charge in [-0.15, -0.1) is 0 Å². The molecular weight excluding hydrogens is 232 g/mol. The maximum Gasteiger partial charge on any atom is 0.293 e. The van der Waals surface area contributed by atoms with Crippen LogP contribution >= 0.6 is 0 Å². The van der Waals surface area contributed by atoms with Crippen LogP contribution in [0.5, 0.6) is 0 Å². The van der Waals surface area contributed by atoms with E-state index in [1.807, 2.05) is 30.3 Å². The van der Waals surface area contributed by atoms with Crippen LogP contribution in [0.25, 0.3) is 0 Å². The minimum Gasteiger partial charge on any atom is -0.463 e. The molecule has 1 aliphatic rings. The summed E-state index contributed by atoms with van der Waals surface area (Å²) in [6, 6.07) is 9.54. The van der Waals surface area contributed by atoms with E-state index in [1.54, 1.807) is 0 Å². The maximum absolute atomic E-state index is 9.76. The molecule has 100 valence electrons. The van der Waals surface area contributed by atoms with E-state index in [9.17, 15) is 4.79 Å². The van der Waals surface area contributed by atoms with Crippen LogP contribution in [0.4, 0.5) is 0 Å². The first kappa shape index (κ1) is 14.6. The summed E-state index contributed by atoms with van der Waals surface area (Å²) in [6.07, 6.45) is 0.560. The lowest BCUT2D eigenvalue weighted by Crippen LogP contribution is -2.48. The van der Waals surface area contributed by atoms with E-state index in [-0.39, 0.29) is 12.1 Å². The minimum atomic E-state index is -0.330. The smallest absolute Gasteiger partial charge is 0.293 e. The number of β-amino-alcohol motifs (C(OH)–C–C–N with tert-alkyl or cyclic N) is 1. The van der Waals surface area contributed by atoms with Gasteiger partial charge in [-0.1, -0.05) is 30.3 Å². The van der Waals surface area contributed by atoms with Gasteiger partial charge in [0.1, 0.15) is 6.61 Å². The highest BCUT2D eigenvalue weighted by Crippen LogP contribution is 1.99. The molecule has 0 aliphatic carbocycles. The Hall–Kier alpha value is -1.43. The van der Waals surface area contributed by atoms with Crippen molar-refractivity contribution in [1.29, 1.82) is 0 Å². The highest BCUT2D eigenvalue weighted by molar-refractivity contribution is 5.37. The molecule has 1 heterocycles. The van der Waals surface area contributed by atoms with Crippen LogP contribution in [0.1, 0.15) is 12.0 Å². The normalized spacial score (nSPS) is 22.6. The number of benzene rings is 1. The molecule has 18 heavy (non-hydrogen) atoms. The largest absolute Gasteiger partial charge is 0.463 e. The van der Waals surface area contributed by atoms with Crippen LogP contribution in [0, 0.1) is 0 Å². The first-order valence-corrected chi connectivity index (χ1v) is 5.97. The van der Waals surface area contributed by atoms with Crippen molar-refractivity contribution in [2.45, 2.75) is 25.2 Å². The van der Waals surface area contributed by atoms with Crippen molar-refractivity contribution in [3.8, 4) is 0 Å². The SMILES string of the molecule is N[C@@H]1CCNC[C@H]1O.O=COCc1ccccc1. The average molecular weight is 252 g/mol. The quantitative estimate of drug-likeness (QED) is 0.661. The van der Waals surface area contributed by atoms with E-state index in [4.69, 9.17) is 10.8 Å². The summed E-state index contributed by atoms with van der Waals surface area (Å²) in [5.74, 6) is 0. The fraction of sp³-hybridized carbons (Fsp3) is 0.462. The summed E-state index contributed by atoms with van der Waals surface area (Å²) in [6.45, 7) is 2.41. The van der Waals surface area contributed by atoms with Crippen molar-refractivity contribution < 1.29 is 14.6 Å². The summed E-state index contributed by atoms with van der Waals surface area (Å²) in [5.41, 5.74) is 6.50. The molecule has 0 saturated carbocycles. The Morgan fingerprint density at radius 2 is 2.17 bits per heavy atom. The Bertz CT molecular complexity index is 322. The molecule has 0 aromatic heterocycles. The number of piperidine rings is 1. The molecule has 2 atom stereocenters. The molecule has 0 unspecified atom stereocenters. The Kier molecular flexibility index (Phi) is 7.01. The van der Waals surface area contributed by atoms with Crippen molar-refractivity contribution in [2.75, 3.05) is 13.1 Å². The third-order valence-electron chi connectivity index (χ3n) is 2.66. The zero-order valence-electron chi connectivity index (χ0n) is 10.3. The topological polar surface area (TPSA) is 84.6 Å². The summed E-state index contributed by atoms with van der Waals surface area (Å²) in [5, 5.41) is 12.0. The molecule has 0 amide bonds. The zero-order valence-corrected chi connectivity index (χ0v) is 10.3. The lowest BCUT2D eigenvalue weighted by Gasteiger charge is -2.24. The Labute approximate surface area is 107 Å². The number of nitrogens with two attached hydrogens (primary N) is 1. The van der Waals surface area contributed by atoms with Gasteiger partial charge in [0.05, 0.1) is 6.10 Å². The Balaban J connectivity index is 0.000000184. The van der Waals surface area contributed by atoms with Crippen molar-refractivity contribution in [2.24, 2.45) is 5.73 Å². The van der Waals surface area contributed by atoms with Crippen molar-refractivity contribution in [3.63, 3.8) is 0 Å². The van der Waals surface area contributed by atoms with Gasteiger partial charge in [-0.25, -0.2) is 0 Å². The van der Waals surface area contributed by atoms with Crippen LogP contribution in [0.3, 0.4) is 0 Å². The average Bonchev–Trinajstić information content (AvgIpc) is 2.42. The predicted molar refractivity (Wildman–Crippen MR) is 68.8 cm³/mol. The molecule has 1 aliphatic heterocycles. The first-order valence-electron chi connectivity index (χ1n) is 5.97. The molecule has 2 rings (SSSR count). The lowest BCUT2D eigenvalue weighted by molar-refractivity contribution is -0.129. The van der Waals surface area contributed by atoms with Gasteiger partial charge in [0.2, 0.25) is 0 Å². The monoisotopic (exact) mass is 252 g/mol. The van der Waals surface area contributed by atoms with E-state index in [1.165, 1.54) is 0 Å². The first-order chi connectivity index (χ1) is 8.74. The van der Waals surface area contributed by atoms with Crippen LogP contribution in [0.2, 0.25) is 0 Å². The molecule has 1 saturated heterocycles. The second-order valence-electron chi connectivity index (χ2n) is 4.12. The summed E-state index contributed by atoms with van der Waals surface area (Å²) in [7, 11) is 0. The second-order valence-corrected chi connectivity index (χ2v) is 4.12.